The van der Waals surface area contributed by atoms with Crippen LogP contribution in [0.4, 0.5) is 0 Å². The Kier molecular flexibility index (Phi) is 2.80. The molecule has 2 unspecified atom stereocenters. The van der Waals surface area contributed by atoms with Crippen LogP contribution in [-0.4, -0.2) is 19.7 Å². The monoisotopic (exact) mass is 260 g/mol. The molecule has 0 amide bonds. The quantitative estimate of drug-likeness (QED) is 0.764. The molecule has 0 spiro atoms. The Balaban J connectivity index is 1.83. The molecule has 2 fully saturated rings. The van der Waals surface area contributed by atoms with Crippen molar-refractivity contribution in [3.8, 4) is 5.75 Å². The van der Waals surface area contributed by atoms with Gasteiger partial charge >= 0.3 is 5.97 Å². The van der Waals surface area contributed by atoms with Crippen LogP contribution in [0.1, 0.15) is 25.8 Å². The molecular formula is C16H20O3. The van der Waals surface area contributed by atoms with E-state index < -0.39 is 0 Å². The largest absolute Gasteiger partial charge is 0.497 e. The average molecular weight is 260 g/mol. The van der Waals surface area contributed by atoms with Gasteiger partial charge in [-0.3, -0.25) is 4.79 Å². The summed E-state index contributed by atoms with van der Waals surface area (Å²) in [7, 11) is 1.67. The second kappa shape index (κ2) is 4.26. The van der Waals surface area contributed by atoms with Gasteiger partial charge in [0.2, 0.25) is 0 Å². The Morgan fingerprint density at radius 2 is 1.95 bits per heavy atom. The van der Waals surface area contributed by atoms with E-state index in [0.29, 0.717) is 18.4 Å². The highest BCUT2D eigenvalue weighted by atomic mass is 16.5. The number of methoxy groups -OCH3 is 1. The highest BCUT2D eigenvalue weighted by Crippen LogP contribution is 2.85. The fourth-order valence-corrected chi connectivity index (χ4v) is 3.92. The van der Waals surface area contributed by atoms with Gasteiger partial charge in [0.15, 0.2) is 0 Å². The summed E-state index contributed by atoms with van der Waals surface area (Å²) in [6.07, 6.45) is 1.13. The summed E-state index contributed by atoms with van der Waals surface area (Å²) in [5.74, 6) is 2.08. The molecule has 3 heteroatoms. The minimum absolute atomic E-state index is 0.0204. The van der Waals surface area contributed by atoms with E-state index >= 15 is 0 Å². The highest BCUT2D eigenvalue weighted by molar-refractivity contribution is 5.84. The smallest absolute Gasteiger partial charge is 0.310 e. The van der Waals surface area contributed by atoms with Crippen LogP contribution in [0, 0.1) is 17.8 Å². The molecule has 102 valence electrons. The molecule has 3 rings (SSSR count). The molecule has 0 aromatic heterocycles. The molecule has 4 atom stereocenters. The minimum atomic E-state index is -0.0204. The zero-order valence-corrected chi connectivity index (χ0v) is 11.7. The van der Waals surface area contributed by atoms with Crippen LogP contribution in [0.5, 0.6) is 5.75 Å². The molecular weight excluding hydrogens is 240 g/mol. The van der Waals surface area contributed by atoms with Crippen LogP contribution < -0.4 is 4.74 Å². The van der Waals surface area contributed by atoms with E-state index in [-0.39, 0.29) is 17.3 Å². The number of hydrogen-bond donors (Lipinski definition) is 0. The number of esters is 1. The van der Waals surface area contributed by atoms with Crippen molar-refractivity contribution in [2.75, 3.05) is 13.7 Å². The van der Waals surface area contributed by atoms with Crippen molar-refractivity contribution < 1.29 is 14.3 Å². The first kappa shape index (κ1) is 12.5. The maximum Gasteiger partial charge on any atom is 0.310 e. The van der Waals surface area contributed by atoms with Gasteiger partial charge in [-0.15, -0.1) is 0 Å². The highest BCUT2D eigenvalue weighted by Gasteiger charge is 2.88. The fourth-order valence-electron chi connectivity index (χ4n) is 3.92. The van der Waals surface area contributed by atoms with Gasteiger partial charge in [-0.1, -0.05) is 25.5 Å². The molecule has 0 bridgehead atoms. The van der Waals surface area contributed by atoms with E-state index in [4.69, 9.17) is 9.47 Å². The molecule has 1 aromatic carbocycles. The second-order valence-corrected chi connectivity index (χ2v) is 5.43. The first-order chi connectivity index (χ1) is 9.21. The lowest BCUT2D eigenvalue weighted by Crippen LogP contribution is -2.22. The van der Waals surface area contributed by atoms with Crippen LogP contribution in [0.25, 0.3) is 0 Å². The molecule has 2 aliphatic carbocycles. The lowest BCUT2D eigenvalue weighted by atomic mass is 9.88. The molecule has 1 aromatic rings. The molecule has 0 radical (unpaired) electrons. The number of fused-ring (bicyclic) bond motifs is 1. The lowest BCUT2D eigenvalue weighted by Gasteiger charge is -2.17. The second-order valence-electron chi connectivity index (χ2n) is 5.43. The Morgan fingerprint density at radius 3 is 2.47 bits per heavy atom. The fraction of sp³-hybridized carbons (Fsp3) is 0.562. The van der Waals surface area contributed by atoms with Crippen LogP contribution in [-0.2, 0) is 14.9 Å². The Morgan fingerprint density at radius 1 is 1.26 bits per heavy atom. The Hall–Kier alpha value is -1.51. The van der Waals surface area contributed by atoms with E-state index in [2.05, 4.69) is 19.1 Å². The van der Waals surface area contributed by atoms with Gasteiger partial charge in [0.05, 0.1) is 19.6 Å². The van der Waals surface area contributed by atoms with E-state index in [0.717, 1.165) is 12.2 Å². The predicted octanol–water partition coefficient (Wildman–Crippen LogP) is 2.78. The van der Waals surface area contributed by atoms with Crippen molar-refractivity contribution in [3.63, 3.8) is 0 Å². The van der Waals surface area contributed by atoms with Crippen molar-refractivity contribution >= 4 is 5.97 Å². The Bertz CT molecular complexity index is 493. The van der Waals surface area contributed by atoms with E-state index in [9.17, 15) is 4.79 Å². The van der Waals surface area contributed by atoms with Crippen molar-refractivity contribution in [3.05, 3.63) is 29.8 Å². The zero-order chi connectivity index (χ0) is 13.6. The van der Waals surface area contributed by atoms with Gasteiger partial charge in [-0.05, 0) is 36.5 Å². The van der Waals surface area contributed by atoms with Crippen molar-refractivity contribution in [1.82, 2.24) is 0 Å². The van der Waals surface area contributed by atoms with Crippen LogP contribution in [0.3, 0.4) is 0 Å². The minimum Gasteiger partial charge on any atom is -0.497 e. The van der Waals surface area contributed by atoms with E-state index in [1.165, 1.54) is 5.56 Å². The normalized spacial score (nSPS) is 34.4. The number of benzene rings is 1. The molecule has 0 heterocycles. The molecule has 0 aliphatic heterocycles. The molecule has 0 saturated heterocycles. The number of rotatable bonds is 5. The summed E-state index contributed by atoms with van der Waals surface area (Å²) < 4.78 is 10.4. The molecule has 19 heavy (non-hydrogen) atoms. The van der Waals surface area contributed by atoms with Crippen molar-refractivity contribution in [2.45, 2.75) is 25.7 Å². The van der Waals surface area contributed by atoms with Crippen LogP contribution >= 0.6 is 0 Å². The topological polar surface area (TPSA) is 35.5 Å². The predicted molar refractivity (Wildman–Crippen MR) is 72.1 cm³/mol. The molecule has 2 aliphatic rings. The van der Waals surface area contributed by atoms with Gasteiger partial charge in [-0.25, -0.2) is 0 Å². The number of carbonyl (C=O) groups excluding carboxylic acids is 1. The maximum absolute atomic E-state index is 12.0. The average Bonchev–Trinajstić information content (AvgIpc) is 3.28. The van der Waals surface area contributed by atoms with Gasteiger partial charge in [0.1, 0.15) is 5.75 Å². The Labute approximate surface area is 113 Å². The van der Waals surface area contributed by atoms with Gasteiger partial charge in [0.25, 0.3) is 0 Å². The van der Waals surface area contributed by atoms with Crippen molar-refractivity contribution in [2.24, 2.45) is 17.8 Å². The summed E-state index contributed by atoms with van der Waals surface area (Å²) in [6.45, 7) is 4.53. The summed E-state index contributed by atoms with van der Waals surface area (Å²) in [6, 6.07) is 8.15. The SMILES string of the molecule is CCOC(=O)[C@@H]1C2[C@@H](CC)C21c1ccc(OC)cc1. The molecule has 3 nitrogen and oxygen atoms in total. The van der Waals surface area contributed by atoms with Gasteiger partial charge in [-0.2, -0.15) is 0 Å². The van der Waals surface area contributed by atoms with Crippen LogP contribution in [0.2, 0.25) is 0 Å². The van der Waals surface area contributed by atoms with Crippen LogP contribution in [0.15, 0.2) is 24.3 Å². The summed E-state index contributed by atoms with van der Waals surface area (Å²) in [4.78, 5) is 12.0. The third kappa shape index (κ3) is 1.54. The first-order valence-electron chi connectivity index (χ1n) is 7.02. The van der Waals surface area contributed by atoms with Crippen molar-refractivity contribution in [1.29, 1.82) is 0 Å². The maximum atomic E-state index is 12.0. The third-order valence-corrected chi connectivity index (χ3v) is 4.82. The van der Waals surface area contributed by atoms with E-state index in [1.807, 2.05) is 19.1 Å². The lowest BCUT2D eigenvalue weighted by molar-refractivity contribution is -0.146. The molecule has 0 N–H and O–H groups in total. The third-order valence-electron chi connectivity index (χ3n) is 4.82. The summed E-state index contributed by atoms with van der Waals surface area (Å²) in [5.41, 5.74) is 1.34. The number of ether oxygens (including phenoxy) is 2. The number of carbonyl (C=O) groups is 1. The van der Waals surface area contributed by atoms with Gasteiger partial charge < -0.3 is 9.47 Å². The standard InChI is InChI=1S/C16H20O3/c1-4-12-13-14(15(17)19-5-2)16(12,13)10-6-8-11(18-3)9-7-10/h6-9,12-14H,4-5H2,1-3H3/t12-,13?,14+,16?/m1/s1. The number of hydrogen-bond acceptors (Lipinski definition) is 3. The summed E-state index contributed by atoms with van der Waals surface area (Å²) in [5, 5.41) is 0. The first-order valence-corrected chi connectivity index (χ1v) is 7.02. The van der Waals surface area contributed by atoms with E-state index in [1.54, 1.807) is 7.11 Å². The summed E-state index contributed by atoms with van der Waals surface area (Å²) >= 11 is 0. The molecule has 2 saturated carbocycles. The van der Waals surface area contributed by atoms with Gasteiger partial charge in [0, 0.05) is 5.41 Å². The zero-order valence-electron chi connectivity index (χ0n) is 11.7.